The average molecular weight is 287 g/mol. The normalized spacial score (nSPS) is 17.8. The van der Waals surface area contributed by atoms with Gasteiger partial charge < -0.3 is 15.0 Å². The monoisotopic (exact) mass is 286 g/mol. The first kappa shape index (κ1) is 14.3. The number of nitrogens with one attached hydrogen (secondary N) is 1. The van der Waals surface area contributed by atoms with E-state index in [9.17, 15) is 9.90 Å². The maximum Gasteiger partial charge on any atom is 0.271 e. The maximum absolute atomic E-state index is 11.4. The number of nitrogens with zero attached hydrogens (tertiary/aromatic N) is 3. The highest BCUT2D eigenvalue weighted by atomic mass is 35.5. The number of hydrogen-bond acceptors (Lipinski definition) is 5. The van der Waals surface area contributed by atoms with Gasteiger partial charge in [0.25, 0.3) is 5.56 Å². The van der Waals surface area contributed by atoms with Crippen LogP contribution in [-0.4, -0.2) is 58.3 Å². The summed E-state index contributed by atoms with van der Waals surface area (Å²) in [4.78, 5) is 22.2. The fraction of sp³-hybridized carbons (Fsp3) is 0.667. The SMILES string of the molecule is CC(C)(O)CN1CCN(c2nc[nH]c(=O)c2Cl)CC1. The van der Waals surface area contributed by atoms with Crippen LogP contribution in [0.2, 0.25) is 5.02 Å². The molecule has 1 saturated heterocycles. The molecule has 106 valence electrons. The Kier molecular flexibility index (Phi) is 4.13. The van der Waals surface area contributed by atoms with Crippen LogP contribution in [0.15, 0.2) is 11.1 Å². The molecule has 2 rings (SSSR count). The van der Waals surface area contributed by atoms with E-state index in [1.54, 1.807) is 13.8 Å². The van der Waals surface area contributed by atoms with Gasteiger partial charge in [-0.05, 0) is 13.8 Å². The molecule has 0 spiro atoms. The van der Waals surface area contributed by atoms with Crippen molar-refractivity contribution in [3.05, 3.63) is 21.7 Å². The Morgan fingerprint density at radius 2 is 2.05 bits per heavy atom. The first-order valence-corrected chi connectivity index (χ1v) is 6.67. The molecule has 0 atom stereocenters. The van der Waals surface area contributed by atoms with Crippen LogP contribution in [0, 0.1) is 0 Å². The van der Waals surface area contributed by atoms with Crippen LogP contribution in [0.3, 0.4) is 0 Å². The van der Waals surface area contributed by atoms with Gasteiger partial charge in [-0.15, -0.1) is 0 Å². The lowest BCUT2D eigenvalue weighted by Gasteiger charge is -2.37. The van der Waals surface area contributed by atoms with Gasteiger partial charge in [0.1, 0.15) is 5.02 Å². The maximum atomic E-state index is 11.4. The van der Waals surface area contributed by atoms with Gasteiger partial charge in [0, 0.05) is 32.7 Å². The van der Waals surface area contributed by atoms with Gasteiger partial charge in [0.15, 0.2) is 5.82 Å². The van der Waals surface area contributed by atoms with E-state index in [-0.39, 0.29) is 10.6 Å². The third-order valence-corrected chi connectivity index (χ3v) is 3.40. The van der Waals surface area contributed by atoms with E-state index in [4.69, 9.17) is 11.6 Å². The number of rotatable bonds is 3. The van der Waals surface area contributed by atoms with Crippen LogP contribution in [0.25, 0.3) is 0 Å². The van der Waals surface area contributed by atoms with Gasteiger partial charge in [-0.3, -0.25) is 9.69 Å². The van der Waals surface area contributed by atoms with Crippen LogP contribution in [0.4, 0.5) is 5.82 Å². The molecule has 0 amide bonds. The van der Waals surface area contributed by atoms with Gasteiger partial charge in [0.2, 0.25) is 0 Å². The summed E-state index contributed by atoms with van der Waals surface area (Å²) < 4.78 is 0. The molecule has 0 radical (unpaired) electrons. The molecule has 2 heterocycles. The van der Waals surface area contributed by atoms with Crippen LogP contribution in [0.1, 0.15) is 13.8 Å². The summed E-state index contributed by atoms with van der Waals surface area (Å²) in [7, 11) is 0. The van der Waals surface area contributed by atoms with Crippen molar-refractivity contribution < 1.29 is 5.11 Å². The summed E-state index contributed by atoms with van der Waals surface area (Å²) in [5, 5.41) is 9.94. The molecule has 1 fully saturated rings. The zero-order chi connectivity index (χ0) is 14.0. The number of hydrogen-bond donors (Lipinski definition) is 2. The van der Waals surface area contributed by atoms with Crippen molar-refractivity contribution in [2.45, 2.75) is 19.4 Å². The molecular weight excluding hydrogens is 268 g/mol. The average Bonchev–Trinajstić information content (AvgIpc) is 2.32. The van der Waals surface area contributed by atoms with Crippen LogP contribution in [-0.2, 0) is 0 Å². The molecule has 0 bridgehead atoms. The number of H-pyrrole nitrogens is 1. The first-order chi connectivity index (χ1) is 8.87. The molecular formula is C12H19ClN4O2. The molecule has 0 aliphatic carbocycles. The number of anilines is 1. The van der Waals surface area contributed by atoms with Crippen molar-refractivity contribution in [1.82, 2.24) is 14.9 Å². The van der Waals surface area contributed by atoms with E-state index < -0.39 is 5.60 Å². The van der Waals surface area contributed by atoms with Crippen LogP contribution >= 0.6 is 11.6 Å². The minimum Gasteiger partial charge on any atom is -0.389 e. The lowest BCUT2D eigenvalue weighted by molar-refractivity contribution is 0.0344. The third kappa shape index (κ3) is 3.68. The minimum atomic E-state index is -0.692. The summed E-state index contributed by atoms with van der Waals surface area (Å²) in [5.74, 6) is 0.535. The predicted octanol–water partition coefficient (Wildman–Crippen LogP) is 0.316. The second-order valence-electron chi connectivity index (χ2n) is 5.44. The molecule has 2 N–H and O–H groups in total. The van der Waals surface area contributed by atoms with E-state index in [0.717, 1.165) is 26.2 Å². The van der Waals surface area contributed by atoms with Gasteiger partial charge in [-0.2, -0.15) is 0 Å². The Morgan fingerprint density at radius 3 is 2.63 bits per heavy atom. The van der Waals surface area contributed by atoms with Crippen molar-refractivity contribution in [3.8, 4) is 0 Å². The molecule has 1 aromatic rings. The van der Waals surface area contributed by atoms with E-state index in [1.807, 2.05) is 4.90 Å². The zero-order valence-corrected chi connectivity index (χ0v) is 11.9. The van der Waals surface area contributed by atoms with Crippen molar-refractivity contribution in [2.24, 2.45) is 0 Å². The van der Waals surface area contributed by atoms with Crippen molar-refractivity contribution in [1.29, 1.82) is 0 Å². The fourth-order valence-electron chi connectivity index (χ4n) is 2.26. The molecule has 0 aromatic carbocycles. The molecule has 6 nitrogen and oxygen atoms in total. The first-order valence-electron chi connectivity index (χ1n) is 6.30. The number of aromatic nitrogens is 2. The summed E-state index contributed by atoms with van der Waals surface area (Å²) in [6.45, 7) is 7.35. The van der Waals surface area contributed by atoms with E-state index in [0.29, 0.717) is 12.4 Å². The highest BCUT2D eigenvalue weighted by Gasteiger charge is 2.24. The molecule has 0 unspecified atom stereocenters. The minimum absolute atomic E-state index is 0.137. The Hall–Kier alpha value is -1.11. The van der Waals surface area contributed by atoms with Gasteiger partial charge >= 0.3 is 0 Å². The van der Waals surface area contributed by atoms with Gasteiger partial charge in [-0.1, -0.05) is 11.6 Å². The Balaban J connectivity index is 2.00. The second kappa shape index (κ2) is 5.48. The molecule has 19 heavy (non-hydrogen) atoms. The van der Waals surface area contributed by atoms with Gasteiger partial charge in [0.05, 0.1) is 11.9 Å². The van der Waals surface area contributed by atoms with Crippen molar-refractivity contribution in [3.63, 3.8) is 0 Å². The highest BCUT2D eigenvalue weighted by Crippen LogP contribution is 2.20. The Labute approximate surface area is 117 Å². The number of β-amino-alcohol motifs (C(OH)–C–C–N with tert-alkyl or cyclic N) is 1. The van der Waals surface area contributed by atoms with Crippen LogP contribution in [0.5, 0.6) is 0 Å². The topological polar surface area (TPSA) is 72.5 Å². The molecule has 1 aliphatic rings. The number of piperazine rings is 1. The van der Waals surface area contributed by atoms with E-state index in [1.165, 1.54) is 6.33 Å². The van der Waals surface area contributed by atoms with Gasteiger partial charge in [-0.25, -0.2) is 4.98 Å². The fourth-order valence-corrected chi connectivity index (χ4v) is 2.48. The molecule has 7 heteroatoms. The second-order valence-corrected chi connectivity index (χ2v) is 5.82. The summed E-state index contributed by atoms with van der Waals surface area (Å²) in [5.41, 5.74) is -1.01. The lowest BCUT2D eigenvalue weighted by Crippen LogP contribution is -2.51. The third-order valence-electron chi connectivity index (χ3n) is 3.06. The quantitative estimate of drug-likeness (QED) is 0.837. The van der Waals surface area contributed by atoms with Crippen LogP contribution < -0.4 is 10.5 Å². The Morgan fingerprint density at radius 1 is 1.42 bits per heavy atom. The largest absolute Gasteiger partial charge is 0.389 e. The van der Waals surface area contributed by atoms with E-state index in [2.05, 4.69) is 14.9 Å². The molecule has 1 aromatic heterocycles. The standard InChI is InChI=1S/C12H19ClN4O2/c1-12(2,19)7-16-3-5-17(6-4-16)10-9(13)11(18)15-8-14-10/h8,19H,3-7H2,1-2H3,(H,14,15,18). The highest BCUT2D eigenvalue weighted by molar-refractivity contribution is 6.32. The Bertz CT molecular complexity index is 489. The number of aromatic amines is 1. The van der Waals surface area contributed by atoms with E-state index >= 15 is 0 Å². The number of aliphatic hydroxyl groups is 1. The summed E-state index contributed by atoms with van der Waals surface area (Å²) in [6, 6.07) is 0. The molecule has 1 aliphatic heterocycles. The zero-order valence-electron chi connectivity index (χ0n) is 11.2. The molecule has 0 saturated carbocycles. The predicted molar refractivity (Wildman–Crippen MR) is 74.8 cm³/mol. The lowest BCUT2D eigenvalue weighted by atomic mass is 10.1. The van der Waals surface area contributed by atoms with Crippen molar-refractivity contribution in [2.75, 3.05) is 37.6 Å². The summed E-state index contributed by atoms with van der Waals surface area (Å²) in [6.07, 6.45) is 1.37. The van der Waals surface area contributed by atoms with Crippen molar-refractivity contribution >= 4 is 17.4 Å². The summed E-state index contributed by atoms with van der Waals surface area (Å²) >= 11 is 5.97. The smallest absolute Gasteiger partial charge is 0.271 e. The number of halogens is 1.